The van der Waals surface area contributed by atoms with Gasteiger partial charge in [-0.15, -0.1) is 0 Å². The maximum Gasteiger partial charge on any atom is 0.0476 e. The summed E-state index contributed by atoms with van der Waals surface area (Å²) >= 11 is 0. The molecule has 110 valence electrons. The van der Waals surface area contributed by atoms with Crippen molar-refractivity contribution in [3.05, 3.63) is 70.8 Å². The van der Waals surface area contributed by atoms with Crippen LogP contribution < -0.4 is 5.32 Å². The van der Waals surface area contributed by atoms with Gasteiger partial charge in [-0.05, 0) is 25.0 Å². The lowest BCUT2D eigenvalue weighted by Gasteiger charge is -2.36. The van der Waals surface area contributed by atoms with Crippen LogP contribution >= 0.6 is 0 Å². The first-order valence-electron chi connectivity index (χ1n) is 7.79. The van der Waals surface area contributed by atoms with Crippen molar-refractivity contribution in [3.8, 4) is 0 Å². The molecule has 1 heterocycles. The highest BCUT2D eigenvalue weighted by molar-refractivity contribution is 5.29. The SMILES string of the molecule is Cc1cc(C)cc(CN2CCNCC2c2ccccc2)c1. The molecule has 0 bridgehead atoms. The monoisotopic (exact) mass is 280 g/mol. The third-order valence-corrected chi connectivity index (χ3v) is 4.21. The molecule has 0 saturated carbocycles. The van der Waals surface area contributed by atoms with E-state index in [4.69, 9.17) is 0 Å². The van der Waals surface area contributed by atoms with Crippen LogP contribution in [0.25, 0.3) is 0 Å². The summed E-state index contributed by atoms with van der Waals surface area (Å²) in [6.45, 7) is 8.62. The van der Waals surface area contributed by atoms with E-state index in [1.165, 1.54) is 22.3 Å². The van der Waals surface area contributed by atoms with Gasteiger partial charge >= 0.3 is 0 Å². The van der Waals surface area contributed by atoms with Gasteiger partial charge < -0.3 is 5.32 Å². The van der Waals surface area contributed by atoms with Crippen molar-refractivity contribution in [2.45, 2.75) is 26.4 Å². The average Bonchev–Trinajstić information content (AvgIpc) is 2.48. The summed E-state index contributed by atoms with van der Waals surface area (Å²) in [5, 5.41) is 3.53. The summed E-state index contributed by atoms with van der Waals surface area (Å²) in [6.07, 6.45) is 0. The van der Waals surface area contributed by atoms with Gasteiger partial charge in [-0.25, -0.2) is 0 Å². The van der Waals surface area contributed by atoms with Gasteiger partial charge in [0.15, 0.2) is 0 Å². The summed E-state index contributed by atoms with van der Waals surface area (Å²) in [5.41, 5.74) is 5.55. The molecule has 2 nitrogen and oxygen atoms in total. The fraction of sp³-hybridized carbons (Fsp3) is 0.368. The van der Waals surface area contributed by atoms with Crippen molar-refractivity contribution in [1.82, 2.24) is 10.2 Å². The van der Waals surface area contributed by atoms with Crippen LogP contribution in [0.15, 0.2) is 48.5 Å². The van der Waals surface area contributed by atoms with Crippen LogP contribution in [-0.4, -0.2) is 24.5 Å². The first-order valence-corrected chi connectivity index (χ1v) is 7.79. The summed E-state index contributed by atoms with van der Waals surface area (Å²) in [5.74, 6) is 0. The summed E-state index contributed by atoms with van der Waals surface area (Å²) in [6, 6.07) is 18.2. The van der Waals surface area contributed by atoms with Gasteiger partial charge in [0.25, 0.3) is 0 Å². The zero-order chi connectivity index (χ0) is 14.7. The Morgan fingerprint density at radius 3 is 2.48 bits per heavy atom. The van der Waals surface area contributed by atoms with Crippen LogP contribution in [-0.2, 0) is 6.54 Å². The van der Waals surface area contributed by atoms with Crippen molar-refractivity contribution in [2.75, 3.05) is 19.6 Å². The maximum atomic E-state index is 3.53. The molecule has 2 heteroatoms. The second-order valence-electron chi connectivity index (χ2n) is 6.10. The van der Waals surface area contributed by atoms with Crippen LogP contribution in [0.3, 0.4) is 0 Å². The molecule has 1 unspecified atom stereocenters. The quantitative estimate of drug-likeness (QED) is 0.926. The molecule has 3 rings (SSSR count). The number of piperazine rings is 1. The van der Waals surface area contributed by atoms with Gasteiger partial charge in [-0.3, -0.25) is 4.90 Å². The van der Waals surface area contributed by atoms with Crippen molar-refractivity contribution in [1.29, 1.82) is 0 Å². The molecule has 21 heavy (non-hydrogen) atoms. The molecule has 1 aliphatic rings. The highest BCUT2D eigenvalue weighted by atomic mass is 15.2. The van der Waals surface area contributed by atoms with E-state index < -0.39 is 0 Å². The molecule has 0 radical (unpaired) electrons. The maximum absolute atomic E-state index is 3.53. The standard InChI is InChI=1S/C19H24N2/c1-15-10-16(2)12-17(11-15)14-21-9-8-20-13-19(21)18-6-4-3-5-7-18/h3-7,10-12,19-20H,8-9,13-14H2,1-2H3. The van der Waals surface area contributed by atoms with Crippen LogP contribution in [0.4, 0.5) is 0 Å². The molecule has 1 atom stereocenters. The molecule has 0 aliphatic carbocycles. The summed E-state index contributed by atoms with van der Waals surface area (Å²) in [4.78, 5) is 2.60. The van der Waals surface area contributed by atoms with Crippen LogP contribution in [0.5, 0.6) is 0 Å². The fourth-order valence-corrected chi connectivity index (χ4v) is 3.33. The van der Waals surface area contributed by atoms with Crippen LogP contribution in [0.1, 0.15) is 28.3 Å². The number of nitrogens with zero attached hydrogens (tertiary/aromatic N) is 1. The molecule has 1 aliphatic heterocycles. The Bertz CT molecular complexity index is 572. The predicted octanol–water partition coefficient (Wildman–Crippen LogP) is 3.45. The Labute approximate surface area is 127 Å². The molecular formula is C19H24N2. The van der Waals surface area contributed by atoms with E-state index in [1.54, 1.807) is 0 Å². The molecular weight excluding hydrogens is 256 g/mol. The zero-order valence-corrected chi connectivity index (χ0v) is 13.0. The molecule has 1 saturated heterocycles. The van der Waals surface area contributed by atoms with Crippen LogP contribution in [0.2, 0.25) is 0 Å². The van der Waals surface area contributed by atoms with Gasteiger partial charge in [-0.1, -0.05) is 59.7 Å². The Hall–Kier alpha value is -1.64. The van der Waals surface area contributed by atoms with Gasteiger partial charge in [0.2, 0.25) is 0 Å². The van der Waals surface area contributed by atoms with Crippen molar-refractivity contribution >= 4 is 0 Å². The van der Waals surface area contributed by atoms with Gasteiger partial charge in [-0.2, -0.15) is 0 Å². The third kappa shape index (κ3) is 3.52. The average molecular weight is 280 g/mol. The molecule has 0 aromatic heterocycles. The topological polar surface area (TPSA) is 15.3 Å². The molecule has 1 N–H and O–H groups in total. The van der Waals surface area contributed by atoms with E-state index in [1.807, 2.05) is 0 Å². The minimum atomic E-state index is 0.473. The van der Waals surface area contributed by atoms with Crippen molar-refractivity contribution in [2.24, 2.45) is 0 Å². The van der Waals surface area contributed by atoms with E-state index in [9.17, 15) is 0 Å². The molecule has 1 fully saturated rings. The van der Waals surface area contributed by atoms with Crippen molar-refractivity contribution < 1.29 is 0 Å². The second-order valence-corrected chi connectivity index (χ2v) is 6.10. The van der Waals surface area contributed by atoms with Gasteiger partial charge in [0, 0.05) is 32.2 Å². The van der Waals surface area contributed by atoms with Gasteiger partial charge in [0.05, 0.1) is 0 Å². The molecule has 2 aromatic rings. The molecule has 2 aromatic carbocycles. The van der Waals surface area contributed by atoms with E-state index in [2.05, 4.69) is 72.6 Å². The zero-order valence-electron chi connectivity index (χ0n) is 13.0. The minimum absolute atomic E-state index is 0.473. The number of hydrogen-bond donors (Lipinski definition) is 1. The van der Waals surface area contributed by atoms with E-state index in [-0.39, 0.29) is 0 Å². The number of hydrogen-bond acceptors (Lipinski definition) is 2. The van der Waals surface area contributed by atoms with Crippen molar-refractivity contribution in [3.63, 3.8) is 0 Å². The highest BCUT2D eigenvalue weighted by Crippen LogP contribution is 2.24. The number of benzene rings is 2. The Kier molecular flexibility index (Phi) is 4.37. The normalized spacial score (nSPS) is 19.6. The summed E-state index contributed by atoms with van der Waals surface area (Å²) < 4.78 is 0. The number of aryl methyl sites for hydroxylation is 2. The summed E-state index contributed by atoms with van der Waals surface area (Å²) in [7, 11) is 0. The Morgan fingerprint density at radius 1 is 1.05 bits per heavy atom. The molecule has 0 spiro atoms. The first-order chi connectivity index (χ1) is 10.2. The lowest BCUT2D eigenvalue weighted by molar-refractivity contribution is 0.153. The Balaban J connectivity index is 1.81. The number of rotatable bonds is 3. The largest absolute Gasteiger partial charge is 0.314 e. The van der Waals surface area contributed by atoms with E-state index >= 15 is 0 Å². The minimum Gasteiger partial charge on any atom is -0.314 e. The smallest absolute Gasteiger partial charge is 0.0476 e. The molecule has 0 amide bonds. The van der Waals surface area contributed by atoms with Gasteiger partial charge in [0.1, 0.15) is 0 Å². The first kappa shape index (κ1) is 14.3. The predicted molar refractivity (Wildman–Crippen MR) is 88.4 cm³/mol. The Morgan fingerprint density at radius 2 is 1.76 bits per heavy atom. The van der Waals surface area contributed by atoms with E-state index in [0.29, 0.717) is 6.04 Å². The lowest BCUT2D eigenvalue weighted by Crippen LogP contribution is -2.45. The lowest BCUT2D eigenvalue weighted by atomic mass is 10.0. The fourth-order valence-electron chi connectivity index (χ4n) is 3.33. The second kappa shape index (κ2) is 6.42. The third-order valence-electron chi connectivity index (χ3n) is 4.21. The van der Waals surface area contributed by atoms with E-state index in [0.717, 1.165) is 26.2 Å². The number of nitrogens with one attached hydrogen (secondary N) is 1. The highest BCUT2D eigenvalue weighted by Gasteiger charge is 2.23. The van der Waals surface area contributed by atoms with Crippen LogP contribution in [0, 0.1) is 13.8 Å².